The Hall–Kier alpha value is -0.860. The highest BCUT2D eigenvalue weighted by Gasteiger charge is 2.43. The van der Waals surface area contributed by atoms with E-state index in [1.807, 2.05) is 0 Å². The van der Waals surface area contributed by atoms with Gasteiger partial charge in [0.1, 0.15) is 0 Å². The minimum absolute atomic E-state index is 0.370. The molecule has 0 aromatic heterocycles. The minimum atomic E-state index is 0.370. The second-order valence-corrected chi connectivity index (χ2v) is 7.29. The van der Waals surface area contributed by atoms with Crippen molar-refractivity contribution < 1.29 is 0 Å². The Morgan fingerprint density at radius 1 is 1.25 bits per heavy atom. The minimum Gasteiger partial charge on any atom is -0.309 e. The average Bonchev–Trinajstić information content (AvgIpc) is 3.19. The molecule has 2 fully saturated rings. The van der Waals surface area contributed by atoms with E-state index < -0.39 is 0 Å². The molecule has 1 N–H and O–H groups in total. The van der Waals surface area contributed by atoms with E-state index in [-0.39, 0.29) is 0 Å². The maximum absolute atomic E-state index is 3.77. The fourth-order valence-corrected chi connectivity index (χ4v) is 4.21. The van der Waals surface area contributed by atoms with Gasteiger partial charge in [0.05, 0.1) is 0 Å². The van der Waals surface area contributed by atoms with Gasteiger partial charge in [0.15, 0.2) is 0 Å². The third-order valence-corrected chi connectivity index (χ3v) is 5.56. The lowest BCUT2D eigenvalue weighted by Gasteiger charge is -2.42. The molecule has 108 valence electrons. The first-order valence-corrected chi connectivity index (χ1v) is 8.31. The number of aryl methyl sites for hydroxylation is 2. The van der Waals surface area contributed by atoms with Gasteiger partial charge in [0, 0.05) is 31.7 Å². The standard InChI is InChI=1S/C18H26N2/c1-18(17-7-8-17)13-20(10-9-19-18)12-14-5-6-15-3-2-4-16(15)11-14/h5-6,11,17,19H,2-4,7-10,12-13H2,1H3. The summed E-state index contributed by atoms with van der Waals surface area (Å²) in [6.07, 6.45) is 6.80. The van der Waals surface area contributed by atoms with Crippen LogP contribution in [0.25, 0.3) is 0 Å². The van der Waals surface area contributed by atoms with E-state index in [9.17, 15) is 0 Å². The highest BCUT2D eigenvalue weighted by Crippen LogP contribution is 2.40. The summed E-state index contributed by atoms with van der Waals surface area (Å²) in [7, 11) is 0. The number of piperazine rings is 1. The van der Waals surface area contributed by atoms with Gasteiger partial charge in [-0.15, -0.1) is 0 Å². The fraction of sp³-hybridized carbons (Fsp3) is 0.667. The summed E-state index contributed by atoms with van der Waals surface area (Å²) in [5, 5.41) is 3.77. The molecule has 2 aliphatic carbocycles. The van der Waals surface area contributed by atoms with Crippen LogP contribution in [-0.2, 0) is 19.4 Å². The first-order chi connectivity index (χ1) is 9.73. The zero-order chi connectivity index (χ0) is 13.6. The van der Waals surface area contributed by atoms with Crippen LogP contribution in [0.4, 0.5) is 0 Å². The van der Waals surface area contributed by atoms with E-state index >= 15 is 0 Å². The van der Waals surface area contributed by atoms with Crippen LogP contribution in [0.5, 0.6) is 0 Å². The Morgan fingerprint density at radius 3 is 2.95 bits per heavy atom. The predicted molar refractivity (Wildman–Crippen MR) is 82.9 cm³/mol. The summed E-state index contributed by atoms with van der Waals surface area (Å²) in [6, 6.07) is 7.21. The van der Waals surface area contributed by atoms with Crippen molar-refractivity contribution in [2.75, 3.05) is 19.6 Å². The van der Waals surface area contributed by atoms with Gasteiger partial charge >= 0.3 is 0 Å². The molecule has 1 unspecified atom stereocenters. The second-order valence-electron chi connectivity index (χ2n) is 7.29. The number of fused-ring (bicyclic) bond motifs is 1. The molecule has 1 aliphatic heterocycles. The van der Waals surface area contributed by atoms with Crippen LogP contribution in [0.1, 0.15) is 42.9 Å². The van der Waals surface area contributed by atoms with E-state index in [0.29, 0.717) is 5.54 Å². The highest BCUT2D eigenvalue weighted by atomic mass is 15.2. The maximum Gasteiger partial charge on any atom is 0.0309 e. The zero-order valence-corrected chi connectivity index (χ0v) is 12.6. The Bertz CT molecular complexity index is 506. The molecule has 1 saturated carbocycles. The number of nitrogens with zero attached hydrogens (tertiary/aromatic N) is 1. The summed E-state index contributed by atoms with van der Waals surface area (Å²) >= 11 is 0. The molecule has 1 saturated heterocycles. The molecule has 1 aromatic carbocycles. The van der Waals surface area contributed by atoms with Crippen LogP contribution < -0.4 is 5.32 Å². The average molecular weight is 270 g/mol. The molecule has 0 bridgehead atoms. The Labute approximate surface area is 122 Å². The van der Waals surface area contributed by atoms with Crippen LogP contribution in [0.15, 0.2) is 18.2 Å². The first kappa shape index (κ1) is 12.8. The van der Waals surface area contributed by atoms with Crippen molar-refractivity contribution in [2.24, 2.45) is 5.92 Å². The van der Waals surface area contributed by atoms with Gasteiger partial charge in [-0.05, 0) is 61.6 Å². The van der Waals surface area contributed by atoms with Gasteiger partial charge < -0.3 is 5.32 Å². The monoisotopic (exact) mass is 270 g/mol. The predicted octanol–water partition coefficient (Wildman–Crippen LogP) is 2.75. The van der Waals surface area contributed by atoms with Gasteiger partial charge in [-0.25, -0.2) is 0 Å². The third-order valence-electron chi connectivity index (χ3n) is 5.56. The SMILES string of the molecule is CC1(C2CC2)CN(Cc2ccc3c(c2)CCC3)CCN1. The molecule has 1 heterocycles. The summed E-state index contributed by atoms with van der Waals surface area (Å²) in [5.41, 5.74) is 5.10. The van der Waals surface area contributed by atoms with Crippen LogP contribution in [0.2, 0.25) is 0 Å². The molecular weight excluding hydrogens is 244 g/mol. The second kappa shape index (κ2) is 4.85. The molecule has 2 heteroatoms. The van der Waals surface area contributed by atoms with Crippen molar-refractivity contribution in [1.82, 2.24) is 10.2 Å². The lowest BCUT2D eigenvalue weighted by Crippen LogP contribution is -2.59. The first-order valence-electron chi connectivity index (χ1n) is 8.31. The van der Waals surface area contributed by atoms with Crippen LogP contribution >= 0.6 is 0 Å². The number of rotatable bonds is 3. The van der Waals surface area contributed by atoms with Crippen LogP contribution in [-0.4, -0.2) is 30.1 Å². The summed E-state index contributed by atoms with van der Waals surface area (Å²) in [6.45, 7) is 7.13. The highest BCUT2D eigenvalue weighted by molar-refractivity contribution is 5.35. The number of hydrogen-bond donors (Lipinski definition) is 1. The van der Waals surface area contributed by atoms with Gasteiger partial charge in [0.2, 0.25) is 0 Å². The van der Waals surface area contributed by atoms with Gasteiger partial charge in [-0.1, -0.05) is 18.2 Å². The van der Waals surface area contributed by atoms with E-state index in [1.165, 1.54) is 50.8 Å². The van der Waals surface area contributed by atoms with E-state index in [2.05, 4.69) is 35.3 Å². The molecule has 4 rings (SSSR count). The quantitative estimate of drug-likeness (QED) is 0.908. The maximum atomic E-state index is 3.77. The largest absolute Gasteiger partial charge is 0.309 e. The fourth-order valence-electron chi connectivity index (χ4n) is 4.21. The van der Waals surface area contributed by atoms with Gasteiger partial charge in [-0.2, -0.15) is 0 Å². The number of benzene rings is 1. The van der Waals surface area contributed by atoms with E-state index in [4.69, 9.17) is 0 Å². The summed E-state index contributed by atoms with van der Waals surface area (Å²) < 4.78 is 0. The van der Waals surface area contributed by atoms with Crippen molar-refractivity contribution in [3.8, 4) is 0 Å². The van der Waals surface area contributed by atoms with E-state index in [1.54, 1.807) is 11.1 Å². The number of hydrogen-bond acceptors (Lipinski definition) is 2. The lowest BCUT2D eigenvalue weighted by atomic mass is 9.92. The summed E-state index contributed by atoms with van der Waals surface area (Å²) in [4.78, 5) is 2.66. The molecular formula is C18H26N2. The molecule has 2 nitrogen and oxygen atoms in total. The molecule has 0 amide bonds. The zero-order valence-electron chi connectivity index (χ0n) is 12.6. The Morgan fingerprint density at radius 2 is 2.10 bits per heavy atom. The van der Waals surface area contributed by atoms with Crippen LogP contribution in [0, 0.1) is 5.92 Å². The molecule has 0 spiro atoms. The molecule has 1 aromatic rings. The third kappa shape index (κ3) is 2.40. The normalized spacial score (nSPS) is 30.4. The summed E-state index contributed by atoms with van der Waals surface area (Å²) in [5.74, 6) is 0.922. The van der Waals surface area contributed by atoms with Crippen molar-refractivity contribution in [3.05, 3.63) is 34.9 Å². The van der Waals surface area contributed by atoms with Crippen molar-refractivity contribution >= 4 is 0 Å². The van der Waals surface area contributed by atoms with Crippen molar-refractivity contribution in [2.45, 2.75) is 51.1 Å². The molecule has 1 atom stereocenters. The lowest BCUT2D eigenvalue weighted by molar-refractivity contribution is 0.121. The van der Waals surface area contributed by atoms with Crippen molar-refractivity contribution in [3.63, 3.8) is 0 Å². The smallest absolute Gasteiger partial charge is 0.0309 e. The van der Waals surface area contributed by atoms with Gasteiger partial charge in [-0.3, -0.25) is 4.90 Å². The molecule has 3 aliphatic rings. The van der Waals surface area contributed by atoms with Crippen molar-refractivity contribution in [1.29, 1.82) is 0 Å². The van der Waals surface area contributed by atoms with E-state index in [0.717, 1.165) is 19.0 Å². The number of nitrogens with one attached hydrogen (secondary N) is 1. The molecule has 0 radical (unpaired) electrons. The topological polar surface area (TPSA) is 15.3 Å². The molecule has 20 heavy (non-hydrogen) atoms. The van der Waals surface area contributed by atoms with Crippen LogP contribution in [0.3, 0.4) is 0 Å². The van der Waals surface area contributed by atoms with Gasteiger partial charge in [0.25, 0.3) is 0 Å². The Kier molecular flexibility index (Phi) is 3.12. The Balaban J connectivity index is 1.45.